The molecule has 114 valence electrons. The van der Waals surface area contributed by atoms with Gasteiger partial charge in [-0.2, -0.15) is 0 Å². The Bertz CT molecular complexity index is 702. The molecule has 0 radical (unpaired) electrons. The second kappa shape index (κ2) is 6.55. The van der Waals surface area contributed by atoms with E-state index in [0.717, 1.165) is 36.0 Å². The lowest BCUT2D eigenvalue weighted by Gasteiger charge is -2.25. The number of benzene rings is 2. The van der Waals surface area contributed by atoms with Crippen LogP contribution in [0.2, 0.25) is 5.02 Å². The summed E-state index contributed by atoms with van der Waals surface area (Å²) in [6, 6.07) is 14.5. The van der Waals surface area contributed by atoms with Gasteiger partial charge in [-0.3, -0.25) is 0 Å². The van der Waals surface area contributed by atoms with Crippen LogP contribution < -0.4 is 5.32 Å². The fourth-order valence-electron chi connectivity index (χ4n) is 2.89. The number of likely N-dealkylation sites (N-methyl/N-ethyl adjacent to an activating group) is 1. The van der Waals surface area contributed by atoms with Crippen LogP contribution in [-0.4, -0.2) is 24.5 Å². The first-order valence-corrected chi connectivity index (χ1v) is 8.19. The van der Waals surface area contributed by atoms with E-state index in [0.29, 0.717) is 0 Å². The molecule has 2 aromatic carbocycles. The highest BCUT2D eigenvalue weighted by Gasteiger charge is 2.19. The third-order valence-electron chi connectivity index (χ3n) is 4.21. The lowest BCUT2D eigenvalue weighted by Crippen LogP contribution is -2.23. The van der Waals surface area contributed by atoms with Gasteiger partial charge in [0.2, 0.25) is 0 Å². The van der Waals surface area contributed by atoms with Crippen LogP contribution in [0.5, 0.6) is 0 Å². The Morgan fingerprint density at radius 3 is 2.50 bits per heavy atom. The lowest BCUT2D eigenvalue weighted by molar-refractivity contribution is 0.337. The van der Waals surface area contributed by atoms with Crippen LogP contribution >= 0.6 is 11.6 Å². The summed E-state index contributed by atoms with van der Waals surface area (Å²) in [5.41, 5.74) is 5.98. The van der Waals surface area contributed by atoms with Crippen molar-refractivity contribution in [3.8, 4) is 0 Å². The molecule has 0 amide bonds. The van der Waals surface area contributed by atoms with Gasteiger partial charge in [-0.15, -0.1) is 0 Å². The molecule has 2 aromatic rings. The van der Waals surface area contributed by atoms with Crippen molar-refractivity contribution in [2.45, 2.75) is 13.8 Å². The SMILES string of the molecule is CCN(CC)C/C=C1/c2ccccc2Nc2cc(Cl)ccc21. The van der Waals surface area contributed by atoms with Gasteiger partial charge in [-0.05, 0) is 36.9 Å². The summed E-state index contributed by atoms with van der Waals surface area (Å²) in [5.74, 6) is 0. The Morgan fingerprint density at radius 2 is 1.73 bits per heavy atom. The third-order valence-corrected chi connectivity index (χ3v) is 4.44. The molecule has 0 aliphatic carbocycles. The van der Waals surface area contributed by atoms with Gasteiger partial charge in [-0.25, -0.2) is 0 Å². The van der Waals surface area contributed by atoms with Gasteiger partial charge in [0.05, 0.1) is 0 Å². The molecular weight excluding hydrogens is 292 g/mol. The summed E-state index contributed by atoms with van der Waals surface area (Å²) < 4.78 is 0. The number of nitrogens with one attached hydrogen (secondary N) is 1. The Kier molecular flexibility index (Phi) is 4.51. The zero-order valence-corrected chi connectivity index (χ0v) is 13.8. The van der Waals surface area contributed by atoms with Gasteiger partial charge >= 0.3 is 0 Å². The van der Waals surface area contributed by atoms with Crippen molar-refractivity contribution in [1.82, 2.24) is 4.90 Å². The molecule has 0 spiro atoms. The third kappa shape index (κ3) is 2.90. The van der Waals surface area contributed by atoms with Crippen LogP contribution in [0, 0.1) is 0 Å². The van der Waals surface area contributed by atoms with Gasteiger partial charge in [0, 0.05) is 34.1 Å². The first-order chi connectivity index (χ1) is 10.7. The minimum Gasteiger partial charge on any atom is -0.354 e. The van der Waals surface area contributed by atoms with E-state index < -0.39 is 0 Å². The van der Waals surface area contributed by atoms with E-state index in [1.165, 1.54) is 16.7 Å². The van der Waals surface area contributed by atoms with Crippen molar-refractivity contribution in [2.24, 2.45) is 0 Å². The summed E-state index contributed by atoms with van der Waals surface area (Å²) in [6.07, 6.45) is 2.33. The van der Waals surface area contributed by atoms with E-state index >= 15 is 0 Å². The fourth-order valence-corrected chi connectivity index (χ4v) is 3.07. The van der Waals surface area contributed by atoms with E-state index in [9.17, 15) is 0 Å². The molecule has 0 fully saturated rings. The fraction of sp³-hybridized carbons (Fsp3) is 0.263. The molecule has 0 bridgehead atoms. The van der Waals surface area contributed by atoms with Crippen molar-refractivity contribution in [2.75, 3.05) is 25.0 Å². The highest BCUT2D eigenvalue weighted by atomic mass is 35.5. The molecule has 0 atom stereocenters. The average molecular weight is 313 g/mol. The van der Waals surface area contributed by atoms with Crippen LogP contribution in [0.15, 0.2) is 48.5 Å². The molecule has 0 saturated heterocycles. The summed E-state index contributed by atoms with van der Waals surface area (Å²) in [6.45, 7) is 7.48. The molecule has 1 N–H and O–H groups in total. The second-order valence-corrected chi connectivity index (χ2v) is 5.90. The summed E-state index contributed by atoms with van der Waals surface area (Å²) in [7, 11) is 0. The van der Waals surface area contributed by atoms with E-state index in [1.54, 1.807) is 0 Å². The Hall–Kier alpha value is -1.77. The van der Waals surface area contributed by atoms with Gasteiger partial charge in [-0.1, -0.05) is 55.8 Å². The topological polar surface area (TPSA) is 15.3 Å². The average Bonchev–Trinajstić information content (AvgIpc) is 2.54. The maximum atomic E-state index is 6.16. The highest BCUT2D eigenvalue weighted by molar-refractivity contribution is 6.31. The molecule has 0 aromatic heterocycles. The summed E-state index contributed by atoms with van der Waals surface area (Å²) in [4.78, 5) is 2.41. The molecule has 22 heavy (non-hydrogen) atoms. The zero-order valence-electron chi connectivity index (χ0n) is 13.1. The monoisotopic (exact) mass is 312 g/mol. The normalized spacial score (nSPS) is 14.6. The maximum absolute atomic E-state index is 6.16. The molecule has 0 unspecified atom stereocenters. The number of hydrogen-bond donors (Lipinski definition) is 1. The lowest BCUT2D eigenvalue weighted by atomic mass is 9.91. The molecule has 3 rings (SSSR count). The Morgan fingerprint density at radius 1 is 1.00 bits per heavy atom. The molecule has 0 saturated carbocycles. The maximum Gasteiger partial charge on any atom is 0.0479 e. The molecular formula is C19H21ClN2. The zero-order chi connectivity index (χ0) is 15.5. The molecule has 2 nitrogen and oxygen atoms in total. The first kappa shape index (κ1) is 15.1. The van der Waals surface area contributed by atoms with Crippen LogP contribution in [0.25, 0.3) is 5.57 Å². The minimum atomic E-state index is 0.758. The predicted octanol–water partition coefficient (Wildman–Crippen LogP) is 5.17. The molecule has 1 aliphatic heterocycles. The number of fused-ring (bicyclic) bond motifs is 2. The largest absolute Gasteiger partial charge is 0.354 e. The van der Waals surface area contributed by atoms with E-state index in [1.807, 2.05) is 12.1 Å². The quantitative estimate of drug-likeness (QED) is 0.715. The van der Waals surface area contributed by atoms with Crippen molar-refractivity contribution in [1.29, 1.82) is 0 Å². The van der Waals surface area contributed by atoms with Crippen LogP contribution in [0.3, 0.4) is 0 Å². The van der Waals surface area contributed by atoms with Gasteiger partial charge in [0.15, 0.2) is 0 Å². The summed E-state index contributed by atoms with van der Waals surface area (Å²) >= 11 is 6.16. The van der Waals surface area contributed by atoms with Gasteiger partial charge < -0.3 is 10.2 Å². The Balaban J connectivity index is 2.06. The number of rotatable bonds is 4. The van der Waals surface area contributed by atoms with Gasteiger partial charge in [0.1, 0.15) is 0 Å². The van der Waals surface area contributed by atoms with E-state index in [2.05, 4.69) is 60.5 Å². The van der Waals surface area contributed by atoms with E-state index in [4.69, 9.17) is 11.6 Å². The number of para-hydroxylation sites is 1. The second-order valence-electron chi connectivity index (χ2n) is 5.46. The highest BCUT2D eigenvalue weighted by Crippen LogP contribution is 2.41. The van der Waals surface area contributed by atoms with Crippen LogP contribution in [0.1, 0.15) is 25.0 Å². The first-order valence-electron chi connectivity index (χ1n) is 7.81. The molecule has 1 heterocycles. The van der Waals surface area contributed by atoms with Crippen molar-refractivity contribution in [3.63, 3.8) is 0 Å². The molecule has 3 heteroatoms. The minimum absolute atomic E-state index is 0.758. The summed E-state index contributed by atoms with van der Waals surface area (Å²) in [5, 5.41) is 4.25. The predicted molar refractivity (Wildman–Crippen MR) is 96.0 cm³/mol. The number of anilines is 2. The standard InChI is InChI=1S/C19H21ClN2/c1-3-22(4-2)12-11-15-16-7-5-6-8-18(16)21-19-13-14(20)9-10-17(15)19/h5-11,13,21H,3-4,12H2,1-2H3/b15-11-. The molecule has 1 aliphatic rings. The van der Waals surface area contributed by atoms with Crippen molar-refractivity contribution < 1.29 is 0 Å². The smallest absolute Gasteiger partial charge is 0.0479 e. The number of nitrogens with zero attached hydrogens (tertiary/aromatic N) is 1. The number of hydrogen-bond acceptors (Lipinski definition) is 2. The van der Waals surface area contributed by atoms with Crippen LogP contribution in [-0.2, 0) is 0 Å². The van der Waals surface area contributed by atoms with E-state index in [-0.39, 0.29) is 0 Å². The van der Waals surface area contributed by atoms with Crippen molar-refractivity contribution >= 4 is 28.5 Å². The number of halogens is 1. The van der Waals surface area contributed by atoms with Crippen LogP contribution in [0.4, 0.5) is 11.4 Å². The Labute approximate surface area is 137 Å². The van der Waals surface area contributed by atoms with Gasteiger partial charge in [0.25, 0.3) is 0 Å². The van der Waals surface area contributed by atoms with Crippen molar-refractivity contribution in [3.05, 3.63) is 64.7 Å².